The normalized spacial score (nSPS) is 17.2. The van der Waals surface area contributed by atoms with Crippen LogP contribution >= 0.6 is 0 Å². The van der Waals surface area contributed by atoms with Gasteiger partial charge in [0.2, 0.25) is 0 Å². The lowest BCUT2D eigenvalue weighted by atomic mass is 9.89. The molecule has 24 heavy (non-hydrogen) atoms. The summed E-state index contributed by atoms with van der Waals surface area (Å²) in [7, 11) is 0. The summed E-state index contributed by atoms with van der Waals surface area (Å²) in [6, 6.07) is 13.4. The number of fused-ring (bicyclic) bond motifs is 3. The van der Waals surface area contributed by atoms with E-state index in [1.54, 1.807) is 5.56 Å². The zero-order chi connectivity index (χ0) is 16.7. The van der Waals surface area contributed by atoms with E-state index in [0.29, 0.717) is 6.04 Å². The first-order valence-corrected chi connectivity index (χ1v) is 9.03. The van der Waals surface area contributed by atoms with Crippen molar-refractivity contribution in [3.8, 4) is 0 Å². The second-order valence-corrected chi connectivity index (χ2v) is 7.19. The van der Waals surface area contributed by atoms with Gasteiger partial charge in [-0.3, -0.25) is 0 Å². The fraction of sp³-hybridized carbons (Fsp3) is 0.364. The van der Waals surface area contributed by atoms with E-state index < -0.39 is 0 Å². The Bertz CT molecular complexity index is 874. The minimum absolute atomic E-state index is 0.432. The minimum atomic E-state index is 0.432. The molecule has 0 saturated heterocycles. The Morgan fingerprint density at radius 3 is 2.67 bits per heavy atom. The average Bonchev–Trinajstić information content (AvgIpc) is 2.97. The predicted octanol–water partition coefficient (Wildman–Crippen LogP) is 5.26. The molecule has 2 N–H and O–H groups in total. The molecule has 0 amide bonds. The van der Waals surface area contributed by atoms with Crippen LogP contribution in [0.3, 0.4) is 0 Å². The molecule has 1 atom stereocenters. The summed E-state index contributed by atoms with van der Waals surface area (Å²) in [6.07, 6.45) is 3.67. The molecule has 2 heteroatoms. The number of hydrogen-bond donors (Lipinski definition) is 2. The fourth-order valence-corrected chi connectivity index (χ4v) is 4.15. The summed E-state index contributed by atoms with van der Waals surface area (Å²) in [5, 5.41) is 5.24. The molecule has 3 aromatic rings. The number of hydrogen-bond acceptors (Lipinski definition) is 1. The molecule has 4 rings (SSSR count). The average molecular weight is 318 g/mol. The molecule has 0 spiro atoms. The molecule has 1 unspecified atom stereocenters. The maximum absolute atomic E-state index is 3.77. The van der Waals surface area contributed by atoms with Gasteiger partial charge in [0.25, 0.3) is 0 Å². The molecule has 2 aromatic carbocycles. The van der Waals surface area contributed by atoms with E-state index in [1.807, 2.05) is 0 Å². The van der Waals surface area contributed by atoms with Gasteiger partial charge in [-0.15, -0.1) is 0 Å². The van der Waals surface area contributed by atoms with Crippen LogP contribution in [0.5, 0.6) is 0 Å². The van der Waals surface area contributed by atoms with Crippen LogP contribution in [-0.4, -0.2) is 4.98 Å². The number of nitrogens with one attached hydrogen (secondary N) is 2. The molecule has 1 aromatic heterocycles. The monoisotopic (exact) mass is 318 g/mol. The number of aromatic nitrogens is 1. The molecule has 124 valence electrons. The van der Waals surface area contributed by atoms with Crippen LogP contribution in [-0.2, 0) is 13.0 Å². The highest BCUT2D eigenvalue weighted by Gasteiger charge is 2.25. The standard InChI is InChI=1S/C22H26N2/c1-14-12-20-21(16(3)15(14)2)18-10-7-11-19(22(18)24-20)23-13-17-8-5-4-6-9-17/h4-6,8-9,12,19,23-24H,7,10-11,13H2,1-3H3. The number of benzene rings is 2. The molecule has 0 bridgehead atoms. The van der Waals surface area contributed by atoms with Gasteiger partial charge in [0.15, 0.2) is 0 Å². The first-order valence-electron chi connectivity index (χ1n) is 9.03. The molecular formula is C22H26N2. The second-order valence-electron chi connectivity index (χ2n) is 7.19. The summed E-state index contributed by atoms with van der Waals surface area (Å²) in [4.78, 5) is 3.75. The molecule has 1 heterocycles. The lowest BCUT2D eigenvalue weighted by Crippen LogP contribution is -2.24. The number of rotatable bonds is 3. The molecular weight excluding hydrogens is 292 g/mol. The van der Waals surface area contributed by atoms with Crippen molar-refractivity contribution in [2.75, 3.05) is 0 Å². The second kappa shape index (κ2) is 6.10. The molecule has 0 saturated carbocycles. The van der Waals surface area contributed by atoms with Crippen LogP contribution in [0.1, 0.15) is 52.4 Å². The highest BCUT2D eigenvalue weighted by atomic mass is 14.9. The Hall–Kier alpha value is -2.06. The van der Waals surface area contributed by atoms with Crippen LogP contribution in [0, 0.1) is 20.8 Å². The number of H-pyrrole nitrogens is 1. The zero-order valence-corrected chi connectivity index (χ0v) is 14.9. The summed E-state index contributed by atoms with van der Waals surface area (Å²) in [5.41, 5.74) is 9.89. The van der Waals surface area contributed by atoms with Crippen LogP contribution in [0.15, 0.2) is 36.4 Å². The molecule has 0 radical (unpaired) electrons. The molecule has 1 aliphatic rings. The van der Waals surface area contributed by atoms with Crippen molar-refractivity contribution in [2.45, 2.75) is 52.6 Å². The van der Waals surface area contributed by atoms with E-state index in [0.717, 1.165) is 6.54 Å². The smallest absolute Gasteiger partial charge is 0.0478 e. The van der Waals surface area contributed by atoms with Gasteiger partial charge >= 0.3 is 0 Å². The Balaban J connectivity index is 1.70. The van der Waals surface area contributed by atoms with E-state index in [9.17, 15) is 0 Å². The summed E-state index contributed by atoms with van der Waals surface area (Å²) < 4.78 is 0. The summed E-state index contributed by atoms with van der Waals surface area (Å²) in [5.74, 6) is 0. The Kier molecular flexibility index (Phi) is 3.93. The maximum Gasteiger partial charge on any atom is 0.0478 e. The molecule has 1 aliphatic carbocycles. The minimum Gasteiger partial charge on any atom is -0.357 e. The lowest BCUT2D eigenvalue weighted by Gasteiger charge is -2.24. The van der Waals surface area contributed by atoms with Gasteiger partial charge < -0.3 is 10.3 Å². The van der Waals surface area contributed by atoms with E-state index in [2.05, 4.69) is 67.5 Å². The van der Waals surface area contributed by atoms with Crippen LogP contribution in [0.2, 0.25) is 0 Å². The topological polar surface area (TPSA) is 27.8 Å². The fourth-order valence-electron chi connectivity index (χ4n) is 4.15. The van der Waals surface area contributed by atoms with Gasteiger partial charge in [-0.25, -0.2) is 0 Å². The first kappa shape index (κ1) is 15.5. The Labute approximate surface area is 144 Å². The van der Waals surface area contributed by atoms with Gasteiger partial charge in [-0.2, -0.15) is 0 Å². The highest BCUT2D eigenvalue weighted by Crippen LogP contribution is 2.37. The predicted molar refractivity (Wildman–Crippen MR) is 101 cm³/mol. The van der Waals surface area contributed by atoms with E-state index in [-0.39, 0.29) is 0 Å². The van der Waals surface area contributed by atoms with Crippen molar-refractivity contribution < 1.29 is 0 Å². The van der Waals surface area contributed by atoms with E-state index >= 15 is 0 Å². The van der Waals surface area contributed by atoms with Crippen molar-refractivity contribution in [1.82, 2.24) is 10.3 Å². The highest BCUT2D eigenvalue weighted by molar-refractivity contribution is 5.90. The van der Waals surface area contributed by atoms with Crippen LogP contribution < -0.4 is 5.32 Å². The van der Waals surface area contributed by atoms with Gasteiger partial charge in [-0.05, 0) is 73.9 Å². The zero-order valence-electron chi connectivity index (χ0n) is 14.9. The summed E-state index contributed by atoms with van der Waals surface area (Å²) in [6.45, 7) is 7.67. The largest absolute Gasteiger partial charge is 0.357 e. The third-order valence-electron chi connectivity index (χ3n) is 5.72. The molecule has 2 nitrogen and oxygen atoms in total. The first-order chi connectivity index (χ1) is 11.6. The SMILES string of the molecule is Cc1cc2[nH]c3c(c2c(C)c1C)CCCC3NCc1ccccc1. The van der Waals surface area contributed by atoms with Gasteiger partial charge in [0.05, 0.1) is 0 Å². The van der Waals surface area contributed by atoms with Gasteiger partial charge in [0.1, 0.15) is 0 Å². The van der Waals surface area contributed by atoms with Crippen LogP contribution in [0.4, 0.5) is 0 Å². The van der Waals surface area contributed by atoms with E-state index in [1.165, 1.54) is 58.1 Å². The quantitative estimate of drug-likeness (QED) is 0.677. The molecule has 0 fully saturated rings. The van der Waals surface area contributed by atoms with Crippen molar-refractivity contribution >= 4 is 10.9 Å². The third kappa shape index (κ3) is 2.55. The Morgan fingerprint density at radius 1 is 1.08 bits per heavy atom. The van der Waals surface area contributed by atoms with Crippen molar-refractivity contribution in [1.29, 1.82) is 0 Å². The Morgan fingerprint density at radius 2 is 1.88 bits per heavy atom. The third-order valence-corrected chi connectivity index (χ3v) is 5.72. The lowest BCUT2D eigenvalue weighted by molar-refractivity contribution is 0.452. The van der Waals surface area contributed by atoms with Crippen molar-refractivity contribution in [2.24, 2.45) is 0 Å². The van der Waals surface area contributed by atoms with E-state index in [4.69, 9.17) is 0 Å². The van der Waals surface area contributed by atoms with Crippen LogP contribution in [0.25, 0.3) is 10.9 Å². The van der Waals surface area contributed by atoms with Gasteiger partial charge in [0, 0.05) is 29.2 Å². The van der Waals surface area contributed by atoms with Crippen molar-refractivity contribution in [3.05, 3.63) is 69.9 Å². The summed E-state index contributed by atoms with van der Waals surface area (Å²) >= 11 is 0. The molecule has 0 aliphatic heterocycles. The number of aromatic amines is 1. The maximum atomic E-state index is 3.77. The van der Waals surface area contributed by atoms with Gasteiger partial charge in [-0.1, -0.05) is 30.3 Å². The van der Waals surface area contributed by atoms with Crippen molar-refractivity contribution in [3.63, 3.8) is 0 Å². The number of aryl methyl sites for hydroxylation is 3.